The van der Waals surface area contributed by atoms with Gasteiger partial charge in [0.15, 0.2) is 0 Å². The summed E-state index contributed by atoms with van der Waals surface area (Å²) >= 11 is 0. The van der Waals surface area contributed by atoms with Crippen molar-refractivity contribution in [2.45, 2.75) is 0 Å². The summed E-state index contributed by atoms with van der Waals surface area (Å²) in [5.74, 6) is 0.858. The van der Waals surface area contributed by atoms with Crippen LogP contribution in [0.4, 0.5) is 0 Å². The Kier molecular flexibility index (Phi) is 2.77. The topological polar surface area (TPSA) is 22.4 Å². The predicted molar refractivity (Wildman–Crippen MR) is 39.6 cm³/mol. The van der Waals surface area contributed by atoms with Crippen LogP contribution in [0.2, 0.25) is 0 Å². The molecule has 0 aromatic carbocycles. The third-order valence-electron chi connectivity index (χ3n) is 1.09. The van der Waals surface area contributed by atoms with Gasteiger partial charge < -0.3 is 9.15 Å². The van der Waals surface area contributed by atoms with Crippen LogP contribution in [0.25, 0.3) is 6.08 Å². The highest BCUT2D eigenvalue weighted by atomic mass is 16.5. The van der Waals surface area contributed by atoms with Crippen LogP contribution in [0.15, 0.2) is 28.9 Å². The van der Waals surface area contributed by atoms with Crippen molar-refractivity contribution in [3.05, 3.63) is 30.2 Å². The molecule has 0 unspecified atom stereocenters. The minimum absolute atomic E-state index is 0.626. The number of rotatable bonds is 3. The van der Waals surface area contributed by atoms with E-state index >= 15 is 0 Å². The van der Waals surface area contributed by atoms with E-state index in [1.54, 1.807) is 13.4 Å². The van der Waals surface area contributed by atoms with E-state index in [1.165, 1.54) is 0 Å². The van der Waals surface area contributed by atoms with Crippen molar-refractivity contribution in [3.8, 4) is 0 Å². The van der Waals surface area contributed by atoms with Crippen molar-refractivity contribution >= 4 is 6.08 Å². The van der Waals surface area contributed by atoms with Gasteiger partial charge in [0, 0.05) is 7.11 Å². The van der Waals surface area contributed by atoms with Crippen LogP contribution >= 0.6 is 0 Å². The first-order chi connectivity index (χ1) is 4.93. The van der Waals surface area contributed by atoms with E-state index in [2.05, 4.69) is 0 Å². The lowest BCUT2D eigenvalue weighted by atomic mass is 10.4. The van der Waals surface area contributed by atoms with E-state index in [-0.39, 0.29) is 0 Å². The third kappa shape index (κ3) is 2.07. The molecule has 0 N–H and O–H groups in total. The van der Waals surface area contributed by atoms with Gasteiger partial charge in [-0.2, -0.15) is 0 Å². The van der Waals surface area contributed by atoms with E-state index in [9.17, 15) is 0 Å². The third-order valence-corrected chi connectivity index (χ3v) is 1.09. The molecular formula is C8H10O2. The molecule has 1 aromatic rings. The van der Waals surface area contributed by atoms with Crippen molar-refractivity contribution in [1.82, 2.24) is 0 Å². The van der Waals surface area contributed by atoms with E-state index in [0.29, 0.717) is 6.61 Å². The fraction of sp³-hybridized carbons (Fsp3) is 0.250. The van der Waals surface area contributed by atoms with Crippen molar-refractivity contribution < 1.29 is 9.15 Å². The molecule has 0 radical (unpaired) electrons. The quantitative estimate of drug-likeness (QED) is 0.636. The summed E-state index contributed by atoms with van der Waals surface area (Å²) in [5.41, 5.74) is 0. The van der Waals surface area contributed by atoms with Crippen molar-refractivity contribution in [1.29, 1.82) is 0 Å². The fourth-order valence-corrected chi connectivity index (χ4v) is 0.647. The molecule has 10 heavy (non-hydrogen) atoms. The summed E-state index contributed by atoms with van der Waals surface area (Å²) in [7, 11) is 1.66. The van der Waals surface area contributed by atoms with E-state index in [4.69, 9.17) is 9.15 Å². The Hall–Kier alpha value is -1.02. The second kappa shape index (κ2) is 3.90. The molecule has 2 nitrogen and oxygen atoms in total. The maximum atomic E-state index is 5.04. The first-order valence-electron chi connectivity index (χ1n) is 3.12. The van der Waals surface area contributed by atoms with Gasteiger partial charge in [0.05, 0.1) is 12.9 Å². The largest absolute Gasteiger partial charge is 0.465 e. The Bertz CT molecular complexity index is 187. The van der Waals surface area contributed by atoms with Gasteiger partial charge in [0.1, 0.15) is 5.76 Å². The smallest absolute Gasteiger partial charge is 0.126 e. The summed E-state index contributed by atoms with van der Waals surface area (Å²) in [5, 5.41) is 0. The molecule has 0 fully saturated rings. The van der Waals surface area contributed by atoms with Crippen LogP contribution in [-0.2, 0) is 4.74 Å². The number of hydrogen-bond acceptors (Lipinski definition) is 2. The van der Waals surface area contributed by atoms with Gasteiger partial charge in [-0.25, -0.2) is 0 Å². The van der Waals surface area contributed by atoms with Crippen molar-refractivity contribution in [3.63, 3.8) is 0 Å². The zero-order chi connectivity index (χ0) is 7.23. The highest BCUT2D eigenvalue weighted by Crippen LogP contribution is 2.01. The Morgan fingerprint density at radius 3 is 3.20 bits per heavy atom. The molecule has 0 saturated carbocycles. The van der Waals surface area contributed by atoms with Crippen LogP contribution in [0.5, 0.6) is 0 Å². The summed E-state index contributed by atoms with van der Waals surface area (Å²) in [6, 6.07) is 3.75. The molecule has 0 spiro atoms. The summed E-state index contributed by atoms with van der Waals surface area (Å²) in [4.78, 5) is 0. The van der Waals surface area contributed by atoms with Gasteiger partial charge in [-0.3, -0.25) is 0 Å². The number of methoxy groups -OCH3 is 1. The van der Waals surface area contributed by atoms with Crippen LogP contribution in [0.3, 0.4) is 0 Å². The molecule has 0 amide bonds. The van der Waals surface area contributed by atoms with Gasteiger partial charge >= 0.3 is 0 Å². The van der Waals surface area contributed by atoms with E-state index in [0.717, 1.165) is 5.76 Å². The SMILES string of the molecule is COC/C=C/c1ccco1. The summed E-state index contributed by atoms with van der Waals surface area (Å²) in [6.45, 7) is 0.626. The molecule has 0 saturated heterocycles. The number of furan rings is 1. The molecule has 0 atom stereocenters. The lowest BCUT2D eigenvalue weighted by molar-refractivity contribution is 0.234. The molecule has 1 aromatic heterocycles. The second-order valence-corrected chi connectivity index (χ2v) is 1.87. The average molecular weight is 138 g/mol. The number of ether oxygens (including phenoxy) is 1. The minimum atomic E-state index is 0.626. The highest BCUT2D eigenvalue weighted by Gasteiger charge is 1.84. The summed E-state index contributed by atoms with van der Waals surface area (Å²) < 4.78 is 9.85. The second-order valence-electron chi connectivity index (χ2n) is 1.87. The van der Waals surface area contributed by atoms with Crippen LogP contribution in [0.1, 0.15) is 5.76 Å². The molecule has 2 heteroatoms. The van der Waals surface area contributed by atoms with E-state index in [1.807, 2.05) is 24.3 Å². The maximum absolute atomic E-state index is 5.04. The Morgan fingerprint density at radius 1 is 1.70 bits per heavy atom. The first-order valence-corrected chi connectivity index (χ1v) is 3.12. The lowest BCUT2D eigenvalue weighted by Gasteiger charge is -1.85. The van der Waals surface area contributed by atoms with Gasteiger partial charge in [-0.1, -0.05) is 6.08 Å². The Balaban J connectivity index is 2.40. The monoisotopic (exact) mass is 138 g/mol. The van der Waals surface area contributed by atoms with Gasteiger partial charge in [0.2, 0.25) is 0 Å². The molecule has 0 bridgehead atoms. The van der Waals surface area contributed by atoms with E-state index < -0.39 is 0 Å². The minimum Gasteiger partial charge on any atom is -0.465 e. The summed E-state index contributed by atoms with van der Waals surface area (Å²) in [6.07, 6.45) is 5.43. The molecule has 0 aliphatic carbocycles. The van der Waals surface area contributed by atoms with Crippen molar-refractivity contribution in [2.24, 2.45) is 0 Å². The zero-order valence-corrected chi connectivity index (χ0v) is 5.91. The normalized spacial score (nSPS) is 10.9. The number of hydrogen-bond donors (Lipinski definition) is 0. The Labute approximate surface area is 60.1 Å². The molecule has 1 heterocycles. The average Bonchev–Trinajstić information content (AvgIpc) is 2.41. The maximum Gasteiger partial charge on any atom is 0.126 e. The molecule has 0 aliphatic rings. The van der Waals surface area contributed by atoms with Crippen LogP contribution < -0.4 is 0 Å². The van der Waals surface area contributed by atoms with Crippen LogP contribution in [-0.4, -0.2) is 13.7 Å². The van der Waals surface area contributed by atoms with Gasteiger partial charge in [-0.15, -0.1) is 0 Å². The Morgan fingerprint density at radius 2 is 2.60 bits per heavy atom. The standard InChI is InChI=1S/C8H10O2/c1-9-6-2-4-8-5-3-7-10-8/h2-5,7H,6H2,1H3/b4-2+. The predicted octanol–water partition coefficient (Wildman–Crippen LogP) is 1.94. The molecule has 1 rings (SSSR count). The molecule has 0 aliphatic heterocycles. The lowest BCUT2D eigenvalue weighted by Crippen LogP contribution is -1.78. The van der Waals surface area contributed by atoms with Gasteiger partial charge in [-0.05, 0) is 18.2 Å². The van der Waals surface area contributed by atoms with Gasteiger partial charge in [0.25, 0.3) is 0 Å². The fourth-order valence-electron chi connectivity index (χ4n) is 0.647. The zero-order valence-electron chi connectivity index (χ0n) is 5.91. The van der Waals surface area contributed by atoms with Crippen LogP contribution in [0, 0.1) is 0 Å². The first kappa shape index (κ1) is 7.09. The molecular weight excluding hydrogens is 128 g/mol. The van der Waals surface area contributed by atoms with Crippen molar-refractivity contribution in [2.75, 3.05) is 13.7 Å². The molecule has 54 valence electrons. The highest BCUT2D eigenvalue weighted by molar-refractivity contribution is 5.41.